The van der Waals surface area contributed by atoms with Gasteiger partial charge < -0.3 is 0 Å². The number of rotatable bonds is 1. The fourth-order valence-corrected chi connectivity index (χ4v) is 0.838. The van der Waals surface area contributed by atoms with Crippen molar-refractivity contribution < 1.29 is 0 Å². The van der Waals surface area contributed by atoms with E-state index in [1.807, 2.05) is 0 Å². The van der Waals surface area contributed by atoms with Gasteiger partial charge in [-0.15, -0.1) is 0 Å². The first-order chi connectivity index (χ1) is 4.80. The van der Waals surface area contributed by atoms with Gasteiger partial charge in [0.05, 0.1) is 0 Å². The van der Waals surface area contributed by atoms with E-state index in [2.05, 4.69) is 0 Å². The maximum absolute atomic E-state index is 8.60. The van der Waals surface area contributed by atoms with Gasteiger partial charge in [-0.1, -0.05) is 0 Å². The third-order valence-corrected chi connectivity index (χ3v) is 7.15. The van der Waals surface area contributed by atoms with Crippen molar-refractivity contribution in [2.75, 3.05) is 6.16 Å². The van der Waals surface area contributed by atoms with Gasteiger partial charge >= 0.3 is 73.4 Å². The molecule has 0 unspecified atom stereocenters. The first kappa shape index (κ1) is 10.5. The predicted octanol–water partition coefficient (Wildman–Crippen LogP) is 2.85. The number of nitriles is 3. The quantitative estimate of drug-likeness (QED) is 0.623. The standard InChI is InChI=1S/C5H5Cl2N3P/c1-2-11(6,7,3-8,4-9)5-10/h2H2,1H3/q-1. The minimum absolute atomic E-state index is 0.142. The summed E-state index contributed by atoms with van der Waals surface area (Å²) in [6.45, 7) is 1.45. The molecule has 0 heterocycles. The Hall–Kier alpha value is -0.520. The fourth-order valence-electron chi connectivity index (χ4n) is 0.279. The van der Waals surface area contributed by atoms with Gasteiger partial charge in [0.25, 0.3) is 0 Å². The van der Waals surface area contributed by atoms with Gasteiger partial charge in [-0.3, -0.25) is 0 Å². The van der Waals surface area contributed by atoms with E-state index in [4.69, 9.17) is 38.3 Å². The molecule has 0 aliphatic heterocycles. The zero-order chi connectivity index (χ0) is 9.24. The van der Waals surface area contributed by atoms with Crippen LogP contribution in [0.5, 0.6) is 0 Å². The normalized spacial score (nSPS) is 16.4. The Balaban J connectivity index is 5.81. The van der Waals surface area contributed by atoms with Gasteiger partial charge in [0.15, 0.2) is 0 Å². The summed E-state index contributed by atoms with van der Waals surface area (Å²) in [5, 5.41) is 25.8. The summed E-state index contributed by atoms with van der Waals surface area (Å²) < 4.78 is -4.95. The van der Waals surface area contributed by atoms with Crippen LogP contribution in [0, 0.1) is 33.2 Å². The molecule has 3 nitrogen and oxygen atoms in total. The molecule has 0 N–H and O–H groups in total. The van der Waals surface area contributed by atoms with E-state index in [9.17, 15) is 0 Å². The van der Waals surface area contributed by atoms with Gasteiger partial charge in [0.2, 0.25) is 0 Å². The van der Waals surface area contributed by atoms with Gasteiger partial charge in [-0.2, -0.15) is 0 Å². The van der Waals surface area contributed by atoms with Crippen LogP contribution in [0.1, 0.15) is 6.92 Å². The van der Waals surface area contributed by atoms with Crippen LogP contribution in [0.15, 0.2) is 0 Å². The van der Waals surface area contributed by atoms with Crippen LogP contribution in [-0.2, 0) is 0 Å². The van der Waals surface area contributed by atoms with Crippen LogP contribution in [0.25, 0.3) is 0 Å². The third-order valence-electron chi connectivity index (χ3n) is 1.45. The molecule has 0 saturated carbocycles. The molecule has 0 radical (unpaired) electrons. The van der Waals surface area contributed by atoms with Crippen molar-refractivity contribution in [2.45, 2.75) is 6.92 Å². The fraction of sp³-hybridized carbons (Fsp3) is 0.400. The monoisotopic (exact) mass is 208 g/mol. The van der Waals surface area contributed by atoms with E-state index in [1.54, 1.807) is 0 Å². The van der Waals surface area contributed by atoms with E-state index in [0.717, 1.165) is 0 Å². The van der Waals surface area contributed by atoms with Gasteiger partial charge in [-0.05, 0) is 0 Å². The van der Waals surface area contributed by atoms with Gasteiger partial charge in [0.1, 0.15) is 0 Å². The third kappa shape index (κ3) is 1.40. The first-order valence-electron chi connectivity index (χ1n) is 2.70. The van der Waals surface area contributed by atoms with E-state index >= 15 is 0 Å². The molecule has 11 heavy (non-hydrogen) atoms. The van der Waals surface area contributed by atoms with Crippen molar-refractivity contribution in [2.24, 2.45) is 0 Å². The summed E-state index contributed by atoms with van der Waals surface area (Å²) in [6.07, 6.45) is -0.142. The van der Waals surface area contributed by atoms with Crippen LogP contribution >= 0.6 is 27.1 Å². The minimum atomic E-state index is -4.95. The molecule has 0 aromatic carbocycles. The zero-order valence-corrected chi connectivity index (χ0v) is 8.16. The Bertz CT molecular complexity index is 282. The van der Waals surface area contributed by atoms with Gasteiger partial charge in [-0.25, -0.2) is 0 Å². The number of nitrogens with zero attached hydrogens (tertiary/aromatic N) is 3. The molecule has 60 valence electrons. The molecule has 0 aromatic heterocycles. The Morgan fingerprint density at radius 1 is 1.09 bits per heavy atom. The van der Waals surface area contributed by atoms with Crippen molar-refractivity contribution in [3.8, 4) is 17.4 Å². The number of halogens is 2. The predicted molar refractivity (Wildman–Crippen MR) is 46.0 cm³/mol. The second kappa shape index (κ2) is 2.00. The molecule has 0 rings (SSSR count). The molecule has 0 spiro atoms. The summed E-state index contributed by atoms with van der Waals surface area (Å²) in [4.78, 5) is 0. The Morgan fingerprint density at radius 3 is 1.36 bits per heavy atom. The molecule has 0 atom stereocenters. The summed E-state index contributed by atoms with van der Waals surface area (Å²) in [6, 6.07) is 0. The van der Waals surface area contributed by atoms with Gasteiger partial charge in [0, 0.05) is 0 Å². The molecule has 6 heteroatoms. The van der Waals surface area contributed by atoms with E-state index < -0.39 is 4.65 Å². The summed E-state index contributed by atoms with van der Waals surface area (Å²) in [5.74, 6) is 4.39. The average Bonchev–Trinajstić information content (AvgIpc) is 2.07. The van der Waals surface area contributed by atoms with Crippen molar-refractivity contribution >= 4 is 27.1 Å². The van der Waals surface area contributed by atoms with E-state index in [-0.39, 0.29) is 6.16 Å². The van der Waals surface area contributed by atoms with Crippen LogP contribution in [-0.4, -0.2) is 6.16 Å². The van der Waals surface area contributed by atoms with Crippen LogP contribution < -0.4 is 0 Å². The first-order valence-corrected chi connectivity index (χ1v) is 7.38. The van der Waals surface area contributed by atoms with Crippen molar-refractivity contribution in [1.29, 1.82) is 15.8 Å². The summed E-state index contributed by atoms with van der Waals surface area (Å²) >= 11 is 11.2. The van der Waals surface area contributed by atoms with E-state index in [1.165, 1.54) is 24.4 Å². The van der Waals surface area contributed by atoms with Crippen LogP contribution in [0.4, 0.5) is 0 Å². The van der Waals surface area contributed by atoms with Crippen LogP contribution in [0.3, 0.4) is 0 Å². The zero-order valence-electron chi connectivity index (χ0n) is 5.75. The molecular formula is C5H5Cl2N3P-. The molecular weight excluding hydrogens is 204 g/mol. The maximum atomic E-state index is 8.60. The molecule has 0 aliphatic rings. The van der Waals surface area contributed by atoms with Crippen molar-refractivity contribution in [1.82, 2.24) is 0 Å². The second-order valence-electron chi connectivity index (χ2n) is 2.24. The van der Waals surface area contributed by atoms with E-state index in [0.29, 0.717) is 0 Å². The second-order valence-corrected chi connectivity index (χ2v) is 12.7. The molecule has 0 bridgehead atoms. The van der Waals surface area contributed by atoms with Crippen molar-refractivity contribution in [3.05, 3.63) is 0 Å². The number of hydrogen-bond donors (Lipinski definition) is 0. The molecule has 0 aromatic rings. The molecule has 0 saturated heterocycles. The Morgan fingerprint density at radius 2 is 1.36 bits per heavy atom. The summed E-state index contributed by atoms with van der Waals surface area (Å²) in [7, 11) is 0. The SMILES string of the molecule is CC[P-](Cl)(Cl)(C#N)(C#N)C#N. The van der Waals surface area contributed by atoms with Crippen LogP contribution in [0.2, 0.25) is 0 Å². The molecule has 0 amide bonds. The topological polar surface area (TPSA) is 71.4 Å². The Kier molecular flexibility index (Phi) is 1.90. The average molecular weight is 209 g/mol. The Labute approximate surface area is 73.8 Å². The molecule has 0 fully saturated rings. The number of hydrogen-bond acceptors (Lipinski definition) is 3. The van der Waals surface area contributed by atoms with Crippen molar-refractivity contribution in [3.63, 3.8) is 0 Å². The molecule has 0 aliphatic carbocycles. The summed E-state index contributed by atoms with van der Waals surface area (Å²) in [5.41, 5.74) is 0.